The first kappa shape index (κ1) is 26.8. The maximum absolute atomic E-state index is 13.8. The molecule has 0 saturated carbocycles. The van der Waals surface area contributed by atoms with E-state index in [-0.39, 0.29) is 11.8 Å². The number of nitrogens with zero attached hydrogens (tertiary/aromatic N) is 1. The van der Waals surface area contributed by atoms with E-state index >= 15 is 0 Å². The summed E-state index contributed by atoms with van der Waals surface area (Å²) in [7, 11) is 0. The molecule has 34 heavy (non-hydrogen) atoms. The van der Waals surface area contributed by atoms with Crippen molar-refractivity contribution < 1.29 is 19.5 Å². The van der Waals surface area contributed by atoms with E-state index in [4.69, 9.17) is 0 Å². The molecule has 0 bridgehead atoms. The van der Waals surface area contributed by atoms with Crippen LogP contribution in [0.5, 0.6) is 0 Å². The minimum absolute atomic E-state index is 0.0378. The molecular weight excluding hydrogens is 472 g/mol. The van der Waals surface area contributed by atoms with E-state index < -0.39 is 30.0 Å². The molecule has 188 valence electrons. The van der Waals surface area contributed by atoms with Crippen LogP contribution in [0.25, 0.3) is 0 Å². The van der Waals surface area contributed by atoms with Gasteiger partial charge >= 0.3 is 5.97 Å². The van der Waals surface area contributed by atoms with Crippen LogP contribution in [0, 0.1) is 5.92 Å². The molecule has 0 spiro atoms. The average Bonchev–Trinajstić information content (AvgIpc) is 3.34. The zero-order valence-corrected chi connectivity index (χ0v) is 21.7. The Balaban J connectivity index is 1.80. The molecule has 0 aliphatic carbocycles. The number of fused-ring (bicyclic) bond motifs is 1. The van der Waals surface area contributed by atoms with E-state index in [0.29, 0.717) is 37.7 Å². The van der Waals surface area contributed by atoms with Crippen molar-refractivity contribution in [1.29, 1.82) is 0 Å². The fraction of sp³-hybridized carbons (Fsp3) is 0.625. The summed E-state index contributed by atoms with van der Waals surface area (Å²) in [5, 5.41) is 19.1. The second-order valence-electron chi connectivity index (χ2n) is 9.18. The summed E-state index contributed by atoms with van der Waals surface area (Å²) in [6.45, 7) is 5.02. The Morgan fingerprint density at radius 1 is 1.26 bits per heavy atom. The summed E-state index contributed by atoms with van der Waals surface area (Å²) in [6.07, 6.45) is 2.61. The van der Waals surface area contributed by atoms with Gasteiger partial charge in [0.1, 0.15) is 12.1 Å². The Labute approximate surface area is 210 Å². The Kier molecular flexibility index (Phi) is 10.1. The van der Waals surface area contributed by atoms with Crippen LogP contribution in [-0.4, -0.2) is 82.1 Å². The van der Waals surface area contributed by atoms with E-state index in [9.17, 15) is 19.5 Å². The average molecular weight is 509 g/mol. The van der Waals surface area contributed by atoms with E-state index in [1.165, 1.54) is 11.8 Å². The van der Waals surface area contributed by atoms with Crippen molar-refractivity contribution >= 4 is 41.3 Å². The molecule has 2 aliphatic rings. The number of carbonyl (C=O) groups excluding carboxylic acids is 2. The predicted octanol–water partition coefficient (Wildman–Crippen LogP) is 1.54. The zero-order valence-electron chi connectivity index (χ0n) is 20.1. The van der Waals surface area contributed by atoms with Gasteiger partial charge in [-0.3, -0.25) is 9.59 Å². The summed E-state index contributed by atoms with van der Waals surface area (Å²) >= 11 is 3.37. The van der Waals surface area contributed by atoms with Crippen LogP contribution in [0.2, 0.25) is 0 Å². The van der Waals surface area contributed by atoms with Crippen molar-refractivity contribution in [3.05, 3.63) is 35.4 Å². The molecule has 3 unspecified atom stereocenters. The molecular formula is C24H36N4O4S2. The van der Waals surface area contributed by atoms with Gasteiger partial charge in [0.15, 0.2) is 0 Å². The first-order valence-corrected chi connectivity index (χ1v) is 14.3. The summed E-state index contributed by atoms with van der Waals surface area (Å²) in [5.74, 6) is 0.995. The molecule has 1 fully saturated rings. The highest BCUT2D eigenvalue weighted by Crippen LogP contribution is 2.25. The van der Waals surface area contributed by atoms with Gasteiger partial charge in [-0.05, 0) is 35.5 Å². The quantitative estimate of drug-likeness (QED) is 0.356. The molecule has 4 atom stereocenters. The molecule has 2 amide bonds. The maximum Gasteiger partial charge on any atom is 0.326 e. The third-order valence-corrected chi connectivity index (χ3v) is 8.02. The highest BCUT2D eigenvalue weighted by atomic mass is 32.2. The molecule has 3 rings (SSSR count). The lowest BCUT2D eigenvalue weighted by atomic mass is 9.91. The van der Waals surface area contributed by atoms with Gasteiger partial charge in [0.25, 0.3) is 0 Å². The fourth-order valence-corrected chi connectivity index (χ4v) is 5.84. The predicted molar refractivity (Wildman–Crippen MR) is 138 cm³/mol. The number of hydrogen-bond donors (Lipinski definition) is 4. The number of nitrogens with one attached hydrogen (secondary N) is 3. The molecule has 10 heteroatoms. The van der Waals surface area contributed by atoms with E-state index in [2.05, 4.69) is 16.0 Å². The van der Waals surface area contributed by atoms with Gasteiger partial charge in [-0.25, -0.2) is 4.79 Å². The van der Waals surface area contributed by atoms with Crippen LogP contribution in [0.1, 0.15) is 31.4 Å². The highest BCUT2D eigenvalue weighted by molar-refractivity contribution is 7.99. The first-order chi connectivity index (χ1) is 16.3. The lowest BCUT2D eigenvalue weighted by Crippen LogP contribution is -2.60. The van der Waals surface area contributed by atoms with Crippen molar-refractivity contribution in [2.24, 2.45) is 5.92 Å². The number of amides is 2. The van der Waals surface area contributed by atoms with Gasteiger partial charge in [-0.2, -0.15) is 11.8 Å². The van der Waals surface area contributed by atoms with Gasteiger partial charge in [0, 0.05) is 37.2 Å². The topological polar surface area (TPSA) is 111 Å². The van der Waals surface area contributed by atoms with Crippen molar-refractivity contribution in [3.63, 3.8) is 0 Å². The SMILES string of the molecule is CSCCC(NC(=O)C1Cc2ccccc2CN1C(=O)[C@@H](NCC1CSCN1)C(C)C)C(=O)O. The number of hydrogen-bond acceptors (Lipinski definition) is 7. The van der Waals surface area contributed by atoms with Crippen molar-refractivity contribution in [2.75, 3.05) is 30.2 Å². The third-order valence-electron chi connectivity index (χ3n) is 6.37. The Hall–Kier alpha value is -1.75. The lowest BCUT2D eigenvalue weighted by molar-refractivity contribution is -0.146. The normalized spacial score (nSPS) is 21.7. The number of carboxylic acid groups (broad SMARTS) is 1. The summed E-state index contributed by atoms with van der Waals surface area (Å²) in [5.41, 5.74) is 2.04. The molecule has 8 nitrogen and oxygen atoms in total. The van der Waals surface area contributed by atoms with Crippen molar-refractivity contribution in [3.8, 4) is 0 Å². The number of aliphatic carboxylic acids is 1. The van der Waals surface area contributed by atoms with Gasteiger partial charge in [-0.15, -0.1) is 11.8 Å². The Morgan fingerprint density at radius 3 is 2.62 bits per heavy atom. The van der Waals surface area contributed by atoms with E-state index in [1.807, 2.05) is 56.1 Å². The number of rotatable bonds is 11. The Bertz CT molecular complexity index is 863. The minimum Gasteiger partial charge on any atom is -0.480 e. The maximum atomic E-state index is 13.8. The van der Waals surface area contributed by atoms with Crippen molar-refractivity contribution in [2.45, 2.75) is 57.4 Å². The second kappa shape index (κ2) is 12.8. The largest absolute Gasteiger partial charge is 0.480 e. The van der Waals surface area contributed by atoms with E-state index in [1.54, 1.807) is 4.90 Å². The van der Waals surface area contributed by atoms with E-state index in [0.717, 1.165) is 22.8 Å². The van der Waals surface area contributed by atoms with Gasteiger partial charge < -0.3 is 26.0 Å². The highest BCUT2D eigenvalue weighted by Gasteiger charge is 2.39. The standard InChI is InChI=1S/C24H36N4O4S2/c1-15(2)21(25-11-18-13-34-14-26-18)23(30)28-12-17-7-5-4-6-16(17)10-20(28)22(29)27-19(24(31)32)8-9-33-3/h4-7,15,18-21,25-26H,8-14H2,1-3H3,(H,27,29)(H,31,32)/t18?,19?,20?,21-/m0/s1. The number of carboxylic acids is 1. The minimum atomic E-state index is -1.06. The second-order valence-corrected chi connectivity index (χ2v) is 11.2. The van der Waals surface area contributed by atoms with Gasteiger partial charge in [-0.1, -0.05) is 38.1 Å². The summed E-state index contributed by atoms with van der Waals surface area (Å²) < 4.78 is 0. The van der Waals surface area contributed by atoms with Gasteiger partial charge in [0.2, 0.25) is 11.8 Å². The molecule has 2 aliphatic heterocycles. The van der Waals surface area contributed by atoms with Crippen LogP contribution in [0.3, 0.4) is 0 Å². The summed E-state index contributed by atoms with van der Waals surface area (Å²) in [4.78, 5) is 40.5. The molecule has 4 N–H and O–H groups in total. The number of benzene rings is 1. The zero-order chi connectivity index (χ0) is 24.7. The molecule has 1 aromatic carbocycles. The van der Waals surface area contributed by atoms with Crippen LogP contribution in [0.15, 0.2) is 24.3 Å². The number of carbonyl (C=O) groups is 3. The molecule has 2 heterocycles. The fourth-order valence-electron chi connectivity index (χ4n) is 4.37. The monoisotopic (exact) mass is 508 g/mol. The molecule has 1 aromatic rings. The van der Waals surface area contributed by atoms with Gasteiger partial charge in [0.05, 0.1) is 6.04 Å². The Morgan fingerprint density at radius 2 is 2.00 bits per heavy atom. The number of thioether (sulfide) groups is 2. The molecule has 1 saturated heterocycles. The smallest absolute Gasteiger partial charge is 0.326 e. The molecule has 0 aromatic heterocycles. The molecule has 0 radical (unpaired) electrons. The van der Waals surface area contributed by atoms with Crippen LogP contribution >= 0.6 is 23.5 Å². The van der Waals surface area contributed by atoms with Crippen LogP contribution in [0.4, 0.5) is 0 Å². The van der Waals surface area contributed by atoms with Crippen molar-refractivity contribution in [1.82, 2.24) is 20.9 Å². The lowest BCUT2D eigenvalue weighted by Gasteiger charge is -2.39. The summed E-state index contributed by atoms with van der Waals surface area (Å²) in [6, 6.07) is 5.98. The first-order valence-electron chi connectivity index (χ1n) is 11.8. The van der Waals surface area contributed by atoms with Crippen LogP contribution < -0.4 is 16.0 Å². The third kappa shape index (κ3) is 6.90. The van der Waals surface area contributed by atoms with Crippen LogP contribution in [-0.2, 0) is 27.3 Å².